The molecule has 0 amide bonds. The van der Waals surface area contributed by atoms with Crippen LogP contribution in [0.25, 0.3) is 0 Å². The molecule has 1 aromatic heterocycles. The summed E-state index contributed by atoms with van der Waals surface area (Å²) in [5, 5.41) is 10.4. The van der Waals surface area contributed by atoms with Gasteiger partial charge in [-0.3, -0.25) is 0 Å². The van der Waals surface area contributed by atoms with Gasteiger partial charge in [0.2, 0.25) is 0 Å². The highest BCUT2D eigenvalue weighted by atomic mass is 79.9. The molecule has 0 spiro atoms. The quantitative estimate of drug-likeness (QED) is 0.534. The van der Waals surface area contributed by atoms with Gasteiger partial charge in [-0.15, -0.1) is 0 Å². The summed E-state index contributed by atoms with van der Waals surface area (Å²) in [7, 11) is 0. The maximum absolute atomic E-state index is 13.8. The average molecular weight is 411 g/mol. The van der Waals surface area contributed by atoms with E-state index in [0.717, 1.165) is 22.5 Å². The van der Waals surface area contributed by atoms with Crippen LogP contribution in [0, 0.1) is 5.82 Å². The van der Waals surface area contributed by atoms with Crippen molar-refractivity contribution in [3.63, 3.8) is 0 Å². The van der Waals surface area contributed by atoms with E-state index in [-0.39, 0.29) is 5.82 Å². The van der Waals surface area contributed by atoms with Crippen molar-refractivity contribution in [2.45, 2.75) is 39.7 Å². The van der Waals surface area contributed by atoms with E-state index in [4.69, 9.17) is 4.52 Å². The molecule has 0 saturated carbocycles. The minimum atomic E-state index is -0.199. The summed E-state index contributed by atoms with van der Waals surface area (Å²) in [4.78, 5) is 4.49. The Morgan fingerprint density at radius 3 is 2.80 bits per heavy atom. The molecule has 0 saturated heterocycles. The van der Waals surface area contributed by atoms with Crippen molar-refractivity contribution in [2.75, 3.05) is 13.1 Å². The maximum Gasteiger partial charge on any atom is 0.191 e. The van der Waals surface area contributed by atoms with Crippen LogP contribution in [-0.2, 0) is 13.0 Å². The minimum Gasteiger partial charge on any atom is -0.359 e. The van der Waals surface area contributed by atoms with Gasteiger partial charge in [0.1, 0.15) is 12.4 Å². The molecule has 1 heterocycles. The molecule has 0 atom stereocenters. The van der Waals surface area contributed by atoms with Crippen LogP contribution in [0.1, 0.15) is 43.7 Å². The minimum absolute atomic E-state index is 0.199. The second kappa shape index (κ2) is 9.56. The summed E-state index contributed by atoms with van der Waals surface area (Å²) in [6, 6.07) is 6.88. The molecule has 136 valence electrons. The molecular formula is C18H24BrFN4O. The lowest BCUT2D eigenvalue weighted by Crippen LogP contribution is -2.38. The Kier molecular flexibility index (Phi) is 7.43. The lowest BCUT2D eigenvalue weighted by atomic mass is 10.1. The van der Waals surface area contributed by atoms with E-state index in [9.17, 15) is 4.39 Å². The fourth-order valence-electron chi connectivity index (χ4n) is 2.22. The second-order valence-electron chi connectivity index (χ2n) is 5.98. The van der Waals surface area contributed by atoms with Crippen molar-refractivity contribution in [3.8, 4) is 0 Å². The number of halogens is 2. The number of benzene rings is 1. The number of nitrogens with one attached hydrogen (secondary N) is 2. The molecule has 25 heavy (non-hydrogen) atoms. The third-order valence-electron chi connectivity index (χ3n) is 3.60. The van der Waals surface area contributed by atoms with Crippen molar-refractivity contribution in [3.05, 3.63) is 51.6 Å². The van der Waals surface area contributed by atoms with Crippen molar-refractivity contribution >= 4 is 21.9 Å². The summed E-state index contributed by atoms with van der Waals surface area (Å²) < 4.78 is 19.9. The zero-order chi connectivity index (χ0) is 18.2. The topological polar surface area (TPSA) is 62.5 Å². The predicted octanol–water partition coefficient (Wildman–Crippen LogP) is 4.00. The van der Waals surface area contributed by atoms with Gasteiger partial charge >= 0.3 is 0 Å². The summed E-state index contributed by atoms with van der Waals surface area (Å²) in [6.07, 6.45) is 0.565. The van der Waals surface area contributed by atoms with E-state index in [2.05, 4.69) is 50.6 Å². The van der Waals surface area contributed by atoms with Crippen molar-refractivity contribution in [1.82, 2.24) is 15.8 Å². The van der Waals surface area contributed by atoms with Gasteiger partial charge < -0.3 is 15.2 Å². The molecule has 0 fully saturated rings. The second-order valence-corrected chi connectivity index (χ2v) is 6.90. The Labute approximate surface area is 156 Å². The highest BCUT2D eigenvalue weighted by molar-refractivity contribution is 9.10. The average Bonchev–Trinajstić information content (AvgIpc) is 3.05. The van der Waals surface area contributed by atoms with Crippen LogP contribution in [0.3, 0.4) is 0 Å². The van der Waals surface area contributed by atoms with E-state index in [1.54, 1.807) is 12.1 Å². The normalized spacial score (nSPS) is 11.8. The number of hydrogen-bond acceptors (Lipinski definition) is 3. The highest BCUT2D eigenvalue weighted by Gasteiger charge is 2.08. The molecule has 1 aromatic carbocycles. The third kappa shape index (κ3) is 6.16. The molecule has 2 aromatic rings. The summed E-state index contributed by atoms with van der Waals surface area (Å²) >= 11 is 3.37. The molecule has 0 unspecified atom stereocenters. The largest absolute Gasteiger partial charge is 0.359 e. The zero-order valence-electron chi connectivity index (χ0n) is 14.8. The molecule has 7 heteroatoms. The monoisotopic (exact) mass is 410 g/mol. The van der Waals surface area contributed by atoms with Crippen LogP contribution < -0.4 is 10.6 Å². The first kappa shape index (κ1) is 19.4. The maximum atomic E-state index is 13.8. The Morgan fingerprint density at radius 1 is 1.32 bits per heavy atom. The Morgan fingerprint density at radius 2 is 2.12 bits per heavy atom. The van der Waals surface area contributed by atoms with Gasteiger partial charge in [-0.1, -0.05) is 34.9 Å². The molecule has 0 bridgehead atoms. The predicted molar refractivity (Wildman–Crippen MR) is 101 cm³/mol. The van der Waals surface area contributed by atoms with E-state index in [1.807, 2.05) is 13.0 Å². The third-order valence-corrected chi connectivity index (χ3v) is 4.09. The molecular weight excluding hydrogens is 387 g/mol. The highest BCUT2D eigenvalue weighted by Crippen LogP contribution is 2.16. The number of hydrogen-bond donors (Lipinski definition) is 2. The summed E-state index contributed by atoms with van der Waals surface area (Å²) in [6.45, 7) is 7.85. The van der Waals surface area contributed by atoms with Crippen molar-refractivity contribution < 1.29 is 8.91 Å². The van der Waals surface area contributed by atoms with Gasteiger partial charge in [0, 0.05) is 23.6 Å². The number of aromatic nitrogens is 1. The van der Waals surface area contributed by atoms with Gasteiger partial charge in [0.05, 0.1) is 5.69 Å². The number of nitrogens with zero attached hydrogens (tertiary/aromatic N) is 2. The van der Waals surface area contributed by atoms with E-state index >= 15 is 0 Å². The van der Waals surface area contributed by atoms with Crippen LogP contribution >= 0.6 is 15.9 Å². The SMILES string of the molecule is CCNC(=NCc1cc(C(C)C)no1)NCCc1cc(Br)ccc1F. The van der Waals surface area contributed by atoms with Crippen LogP contribution in [0.4, 0.5) is 4.39 Å². The van der Waals surface area contributed by atoms with Crippen molar-refractivity contribution in [2.24, 2.45) is 4.99 Å². The fourth-order valence-corrected chi connectivity index (χ4v) is 2.63. The first-order valence-electron chi connectivity index (χ1n) is 8.41. The molecule has 2 N–H and O–H groups in total. The van der Waals surface area contributed by atoms with Crippen LogP contribution in [0.5, 0.6) is 0 Å². The number of rotatable bonds is 7. The lowest BCUT2D eigenvalue weighted by molar-refractivity contribution is 0.376. The lowest BCUT2D eigenvalue weighted by Gasteiger charge is -2.11. The Hall–Kier alpha value is -1.89. The van der Waals surface area contributed by atoms with Gasteiger partial charge in [-0.05, 0) is 43.0 Å². The fraction of sp³-hybridized carbons (Fsp3) is 0.444. The molecule has 5 nitrogen and oxygen atoms in total. The zero-order valence-corrected chi connectivity index (χ0v) is 16.4. The molecule has 0 radical (unpaired) electrons. The molecule has 2 rings (SSSR count). The molecule has 0 aliphatic heterocycles. The number of guanidine groups is 1. The van der Waals surface area contributed by atoms with Crippen LogP contribution in [0.15, 0.2) is 38.3 Å². The summed E-state index contributed by atoms with van der Waals surface area (Å²) in [5.41, 5.74) is 1.59. The van der Waals surface area contributed by atoms with Crippen LogP contribution in [0.2, 0.25) is 0 Å². The smallest absolute Gasteiger partial charge is 0.191 e. The molecule has 0 aliphatic rings. The Balaban J connectivity index is 1.91. The van der Waals surface area contributed by atoms with Crippen LogP contribution in [-0.4, -0.2) is 24.2 Å². The first-order valence-corrected chi connectivity index (χ1v) is 9.20. The van der Waals surface area contributed by atoms with E-state index in [0.29, 0.717) is 37.0 Å². The van der Waals surface area contributed by atoms with Crippen molar-refractivity contribution in [1.29, 1.82) is 0 Å². The number of aliphatic imine (C=N–C) groups is 1. The van der Waals surface area contributed by atoms with Gasteiger partial charge in [-0.2, -0.15) is 0 Å². The van der Waals surface area contributed by atoms with Gasteiger partial charge in [0.25, 0.3) is 0 Å². The van der Waals surface area contributed by atoms with E-state index in [1.165, 1.54) is 6.07 Å². The standard InChI is InChI=1S/C18H24BrFN4O/c1-4-21-18(23-11-15-10-17(12(2)3)24-25-15)22-8-7-13-9-14(19)5-6-16(13)20/h5-6,9-10,12H,4,7-8,11H2,1-3H3,(H2,21,22,23). The first-order chi connectivity index (χ1) is 12.0. The summed E-state index contributed by atoms with van der Waals surface area (Å²) in [5.74, 6) is 1.52. The Bertz CT molecular complexity index is 715. The van der Waals surface area contributed by atoms with Gasteiger partial charge in [-0.25, -0.2) is 9.38 Å². The van der Waals surface area contributed by atoms with E-state index < -0.39 is 0 Å². The molecule has 0 aliphatic carbocycles. The van der Waals surface area contributed by atoms with Gasteiger partial charge in [0.15, 0.2) is 11.7 Å².